The molecule has 0 aromatic heterocycles. The van der Waals surface area contributed by atoms with E-state index in [4.69, 9.17) is 5.73 Å². The Balaban J connectivity index is 1.80. The first-order valence-electron chi connectivity index (χ1n) is 7.13. The maximum atomic E-state index is 13.1. The molecule has 1 aromatic rings. The number of carbonyl (C=O) groups is 1. The van der Waals surface area contributed by atoms with Gasteiger partial charge in [-0.2, -0.15) is 0 Å². The van der Waals surface area contributed by atoms with Gasteiger partial charge in [-0.1, -0.05) is 12.1 Å². The smallest absolute Gasteiger partial charge is 0.227 e. The van der Waals surface area contributed by atoms with Crippen LogP contribution in [0.3, 0.4) is 0 Å². The van der Waals surface area contributed by atoms with Crippen molar-refractivity contribution < 1.29 is 9.18 Å². The predicted octanol–water partition coefficient (Wildman–Crippen LogP) is 0.861. The Kier molecular flexibility index (Phi) is 5.49. The summed E-state index contributed by atoms with van der Waals surface area (Å²) in [5, 5.41) is 0. The molecule has 0 unspecified atom stereocenters. The standard InChI is InChI=1S/C15H22FN3O/c16-14-4-1-3-13(11-14)12-15(20)19-9-7-18(8-10-19)6-2-5-17/h1,3-4,11H,2,5-10,12,17H2. The van der Waals surface area contributed by atoms with Crippen molar-refractivity contribution in [2.45, 2.75) is 12.8 Å². The molecule has 1 aliphatic heterocycles. The number of hydrogen-bond acceptors (Lipinski definition) is 3. The highest BCUT2D eigenvalue weighted by Crippen LogP contribution is 2.08. The maximum Gasteiger partial charge on any atom is 0.227 e. The minimum atomic E-state index is -0.290. The van der Waals surface area contributed by atoms with Crippen molar-refractivity contribution >= 4 is 5.91 Å². The van der Waals surface area contributed by atoms with E-state index in [9.17, 15) is 9.18 Å². The lowest BCUT2D eigenvalue weighted by Crippen LogP contribution is -2.49. The van der Waals surface area contributed by atoms with Crippen LogP contribution in [0.15, 0.2) is 24.3 Å². The number of nitrogens with two attached hydrogens (primary N) is 1. The average molecular weight is 279 g/mol. The number of benzene rings is 1. The highest BCUT2D eigenvalue weighted by Gasteiger charge is 2.20. The second-order valence-electron chi connectivity index (χ2n) is 5.17. The van der Waals surface area contributed by atoms with E-state index in [0.717, 1.165) is 44.7 Å². The van der Waals surface area contributed by atoms with Crippen LogP contribution in [0.4, 0.5) is 4.39 Å². The number of carbonyl (C=O) groups excluding carboxylic acids is 1. The van der Waals surface area contributed by atoms with Gasteiger partial charge in [0, 0.05) is 26.2 Å². The van der Waals surface area contributed by atoms with E-state index >= 15 is 0 Å². The molecule has 1 saturated heterocycles. The minimum Gasteiger partial charge on any atom is -0.340 e. The fourth-order valence-corrected chi connectivity index (χ4v) is 2.47. The Morgan fingerprint density at radius 3 is 2.65 bits per heavy atom. The Bertz CT molecular complexity index is 444. The van der Waals surface area contributed by atoms with Gasteiger partial charge >= 0.3 is 0 Å². The minimum absolute atomic E-state index is 0.0778. The van der Waals surface area contributed by atoms with Gasteiger partial charge in [-0.25, -0.2) is 4.39 Å². The summed E-state index contributed by atoms with van der Waals surface area (Å²) in [7, 11) is 0. The van der Waals surface area contributed by atoms with Crippen molar-refractivity contribution in [1.82, 2.24) is 9.80 Å². The van der Waals surface area contributed by atoms with Gasteiger partial charge in [0.25, 0.3) is 0 Å². The first-order chi connectivity index (χ1) is 9.69. The van der Waals surface area contributed by atoms with Gasteiger partial charge in [0.1, 0.15) is 5.82 Å². The summed E-state index contributed by atoms with van der Waals surface area (Å²) < 4.78 is 13.1. The van der Waals surface area contributed by atoms with Crippen LogP contribution in [0.1, 0.15) is 12.0 Å². The zero-order valence-electron chi connectivity index (χ0n) is 11.7. The monoisotopic (exact) mass is 279 g/mol. The van der Waals surface area contributed by atoms with E-state index in [1.54, 1.807) is 12.1 Å². The van der Waals surface area contributed by atoms with Crippen LogP contribution in [0.2, 0.25) is 0 Å². The predicted molar refractivity (Wildman–Crippen MR) is 76.8 cm³/mol. The van der Waals surface area contributed by atoms with Gasteiger partial charge in [-0.05, 0) is 37.2 Å². The molecule has 1 heterocycles. The zero-order valence-corrected chi connectivity index (χ0v) is 11.7. The van der Waals surface area contributed by atoms with E-state index in [0.29, 0.717) is 6.54 Å². The number of nitrogens with zero attached hydrogens (tertiary/aromatic N) is 2. The number of hydrogen-bond donors (Lipinski definition) is 1. The molecule has 20 heavy (non-hydrogen) atoms. The summed E-state index contributed by atoms with van der Waals surface area (Å²) in [4.78, 5) is 16.4. The molecule has 1 amide bonds. The second kappa shape index (κ2) is 7.36. The summed E-state index contributed by atoms with van der Waals surface area (Å²) in [6.07, 6.45) is 1.28. The van der Waals surface area contributed by atoms with Crippen molar-refractivity contribution in [3.63, 3.8) is 0 Å². The summed E-state index contributed by atoms with van der Waals surface area (Å²) in [5.41, 5.74) is 6.23. The Labute approximate surface area is 119 Å². The van der Waals surface area contributed by atoms with Crippen molar-refractivity contribution in [3.8, 4) is 0 Å². The lowest BCUT2D eigenvalue weighted by Gasteiger charge is -2.34. The molecule has 2 rings (SSSR count). The van der Waals surface area contributed by atoms with E-state index in [1.807, 2.05) is 4.90 Å². The molecule has 0 spiro atoms. The van der Waals surface area contributed by atoms with Crippen LogP contribution in [0, 0.1) is 5.82 Å². The van der Waals surface area contributed by atoms with Gasteiger partial charge in [0.15, 0.2) is 0 Å². The van der Waals surface area contributed by atoms with Gasteiger partial charge in [-0.15, -0.1) is 0 Å². The highest BCUT2D eigenvalue weighted by molar-refractivity contribution is 5.78. The third-order valence-corrected chi connectivity index (χ3v) is 3.65. The highest BCUT2D eigenvalue weighted by atomic mass is 19.1. The van der Waals surface area contributed by atoms with Crippen molar-refractivity contribution in [2.24, 2.45) is 5.73 Å². The largest absolute Gasteiger partial charge is 0.340 e. The number of rotatable bonds is 5. The Morgan fingerprint density at radius 2 is 2.00 bits per heavy atom. The summed E-state index contributed by atoms with van der Waals surface area (Å²) >= 11 is 0. The number of piperazine rings is 1. The molecule has 110 valence electrons. The lowest BCUT2D eigenvalue weighted by molar-refractivity contribution is -0.132. The van der Waals surface area contributed by atoms with Crippen LogP contribution in [-0.2, 0) is 11.2 Å². The third kappa shape index (κ3) is 4.28. The fraction of sp³-hybridized carbons (Fsp3) is 0.533. The summed E-state index contributed by atoms with van der Waals surface area (Å²) in [6, 6.07) is 6.25. The molecule has 4 nitrogen and oxygen atoms in total. The maximum absolute atomic E-state index is 13.1. The van der Waals surface area contributed by atoms with Gasteiger partial charge in [0.05, 0.1) is 6.42 Å². The first-order valence-corrected chi connectivity index (χ1v) is 7.13. The lowest BCUT2D eigenvalue weighted by atomic mass is 10.1. The fourth-order valence-electron chi connectivity index (χ4n) is 2.47. The van der Waals surface area contributed by atoms with Crippen LogP contribution in [-0.4, -0.2) is 55.0 Å². The first kappa shape index (κ1) is 14.9. The second-order valence-corrected chi connectivity index (χ2v) is 5.17. The summed E-state index contributed by atoms with van der Waals surface area (Å²) in [5.74, 6) is -0.212. The van der Waals surface area contributed by atoms with Gasteiger partial charge in [0.2, 0.25) is 5.91 Å². The summed E-state index contributed by atoms with van der Waals surface area (Å²) in [6.45, 7) is 5.00. The van der Waals surface area contributed by atoms with Crippen LogP contribution >= 0.6 is 0 Å². The molecule has 5 heteroatoms. The molecule has 1 aliphatic rings. The topological polar surface area (TPSA) is 49.6 Å². The average Bonchev–Trinajstić information content (AvgIpc) is 2.45. The molecule has 0 atom stereocenters. The molecule has 1 fully saturated rings. The van der Waals surface area contributed by atoms with E-state index in [1.165, 1.54) is 12.1 Å². The van der Waals surface area contributed by atoms with Gasteiger partial charge in [-0.3, -0.25) is 9.69 Å². The van der Waals surface area contributed by atoms with Crippen molar-refractivity contribution in [2.75, 3.05) is 39.3 Å². The molecule has 1 aromatic carbocycles. The molecular formula is C15H22FN3O. The molecule has 0 radical (unpaired) electrons. The number of halogens is 1. The molecule has 0 bridgehead atoms. The SMILES string of the molecule is NCCCN1CCN(C(=O)Cc2cccc(F)c2)CC1. The van der Waals surface area contributed by atoms with E-state index in [2.05, 4.69) is 4.90 Å². The molecule has 0 aliphatic carbocycles. The Morgan fingerprint density at radius 1 is 1.25 bits per heavy atom. The van der Waals surface area contributed by atoms with Crippen LogP contribution in [0.5, 0.6) is 0 Å². The Hall–Kier alpha value is -1.46. The number of amides is 1. The third-order valence-electron chi connectivity index (χ3n) is 3.65. The molecule has 0 saturated carbocycles. The quantitative estimate of drug-likeness (QED) is 0.870. The van der Waals surface area contributed by atoms with Crippen molar-refractivity contribution in [1.29, 1.82) is 0 Å². The molecule has 2 N–H and O–H groups in total. The normalized spacial score (nSPS) is 16.4. The van der Waals surface area contributed by atoms with Crippen LogP contribution < -0.4 is 5.73 Å². The van der Waals surface area contributed by atoms with E-state index in [-0.39, 0.29) is 18.1 Å². The zero-order chi connectivity index (χ0) is 14.4. The van der Waals surface area contributed by atoms with Crippen molar-refractivity contribution in [3.05, 3.63) is 35.6 Å². The molecular weight excluding hydrogens is 257 g/mol. The van der Waals surface area contributed by atoms with Crippen LogP contribution in [0.25, 0.3) is 0 Å². The van der Waals surface area contributed by atoms with Gasteiger partial charge < -0.3 is 10.6 Å². The van der Waals surface area contributed by atoms with E-state index < -0.39 is 0 Å².